The number of piperidine rings is 1. The average Bonchev–Trinajstić information content (AvgIpc) is 2.71. The smallest absolute Gasteiger partial charge is 0.319 e. The van der Waals surface area contributed by atoms with Gasteiger partial charge >= 0.3 is 6.03 Å². The average molecular weight is 430 g/mol. The topological polar surface area (TPSA) is 78.5 Å². The normalized spacial score (nSPS) is 17.5. The SMILES string of the molecule is Cc1ccc(S(=O)(=O)N2CCCCC2CCNC(=O)Nc2ccc(C)c(C)c2)cc1. The van der Waals surface area contributed by atoms with Crippen molar-refractivity contribution < 1.29 is 13.2 Å². The van der Waals surface area contributed by atoms with Crippen LogP contribution in [0.5, 0.6) is 0 Å². The van der Waals surface area contributed by atoms with Crippen LogP contribution in [0.15, 0.2) is 47.4 Å². The van der Waals surface area contributed by atoms with Crippen molar-refractivity contribution in [2.24, 2.45) is 0 Å². The first-order valence-electron chi connectivity index (χ1n) is 10.5. The summed E-state index contributed by atoms with van der Waals surface area (Å²) in [6.07, 6.45) is 3.26. The number of carbonyl (C=O) groups is 1. The van der Waals surface area contributed by atoms with E-state index in [1.54, 1.807) is 16.4 Å². The predicted molar refractivity (Wildman–Crippen MR) is 120 cm³/mol. The van der Waals surface area contributed by atoms with Crippen LogP contribution in [0.4, 0.5) is 10.5 Å². The summed E-state index contributed by atoms with van der Waals surface area (Å²) in [6, 6.07) is 12.4. The zero-order valence-corrected chi connectivity index (χ0v) is 18.8. The minimum atomic E-state index is -3.53. The van der Waals surface area contributed by atoms with Gasteiger partial charge in [-0.25, -0.2) is 13.2 Å². The second kappa shape index (κ2) is 9.62. The van der Waals surface area contributed by atoms with E-state index in [0.717, 1.165) is 36.1 Å². The molecule has 1 aliphatic heterocycles. The summed E-state index contributed by atoms with van der Waals surface area (Å²) in [7, 11) is -3.53. The minimum absolute atomic E-state index is 0.105. The number of amides is 2. The maximum absolute atomic E-state index is 13.1. The van der Waals surface area contributed by atoms with Gasteiger partial charge in [-0.3, -0.25) is 0 Å². The molecule has 2 aromatic rings. The maximum Gasteiger partial charge on any atom is 0.319 e. The van der Waals surface area contributed by atoms with Gasteiger partial charge in [0.2, 0.25) is 10.0 Å². The van der Waals surface area contributed by atoms with E-state index in [1.807, 2.05) is 51.1 Å². The van der Waals surface area contributed by atoms with Gasteiger partial charge in [-0.2, -0.15) is 4.31 Å². The van der Waals surface area contributed by atoms with Gasteiger partial charge in [0, 0.05) is 24.8 Å². The number of nitrogens with zero attached hydrogens (tertiary/aromatic N) is 1. The molecule has 2 aromatic carbocycles. The van der Waals surface area contributed by atoms with E-state index in [1.165, 1.54) is 5.56 Å². The molecular formula is C23H31N3O3S. The Morgan fingerprint density at radius 1 is 1.03 bits per heavy atom. The number of hydrogen-bond donors (Lipinski definition) is 2. The number of rotatable bonds is 6. The Balaban J connectivity index is 1.58. The van der Waals surface area contributed by atoms with E-state index in [9.17, 15) is 13.2 Å². The fourth-order valence-electron chi connectivity index (χ4n) is 3.77. The van der Waals surface area contributed by atoms with Gasteiger partial charge in [0.15, 0.2) is 0 Å². The molecule has 30 heavy (non-hydrogen) atoms. The van der Waals surface area contributed by atoms with Crippen molar-refractivity contribution in [2.45, 2.75) is 57.4 Å². The molecule has 2 amide bonds. The van der Waals surface area contributed by atoms with E-state index >= 15 is 0 Å². The largest absolute Gasteiger partial charge is 0.338 e. The molecular weight excluding hydrogens is 398 g/mol. The van der Waals surface area contributed by atoms with Crippen LogP contribution in [-0.4, -0.2) is 37.9 Å². The van der Waals surface area contributed by atoms with Gasteiger partial charge in [0.1, 0.15) is 0 Å². The molecule has 1 unspecified atom stereocenters. The van der Waals surface area contributed by atoms with Crippen molar-refractivity contribution in [3.63, 3.8) is 0 Å². The molecule has 1 heterocycles. The molecule has 0 aromatic heterocycles. The molecule has 2 N–H and O–H groups in total. The molecule has 3 rings (SSSR count). The zero-order chi connectivity index (χ0) is 21.7. The third kappa shape index (κ3) is 5.40. The summed E-state index contributed by atoms with van der Waals surface area (Å²) >= 11 is 0. The Bertz CT molecular complexity index is 987. The van der Waals surface area contributed by atoms with Crippen LogP contribution in [0.3, 0.4) is 0 Å². The molecule has 0 saturated carbocycles. The van der Waals surface area contributed by atoms with Gasteiger partial charge in [0.05, 0.1) is 4.90 Å². The van der Waals surface area contributed by atoms with Crippen molar-refractivity contribution >= 4 is 21.7 Å². The van der Waals surface area contributed by atoms with Crippen molar-refractivity contribution in [2.75, 3.05) is 18.4 Å². The standard InChI is InChI=1S/C23H31N3O3S/c1-17-7-11-22(12-8-17)30(28,29)26-15-5-4-6-21(26)13-14-24-23(27)25-20-10-9-18(2)19(3)16-20/h7-12,16,21H,4-6,13-15H2,1-3H3,(H2,24,25,27). The molecule has 0 bridgehead atoms. The van der Waals surface area contributed by atoms with Crippen LogP contribution in [-0.2, 0) is 10.0 Å². The Kier molecular flexibility index (Phi) is 7.15. The van der Waals surface area contributed by atoms with E-state index < -0.39 is 10.0 Å². The van der Waals surface area contributed by atoms with Crippen LogP contribution in [0.1, 0.15) is 42.4 Å². The predicted octanol–water partition coefficient (Wildman–Crippen LogP) is 4.37. The lowest BCUT2D eigenvalue weighted by atomic mass is 10.0. The van der Waals surface area contributed by atoms with Crippen molar-refractivity contribution in [1.82, 2.24) is 9.62 Å². The van der Waals surface area contributed by atoms with Crippen molar-refractivity contribution in [3.8, 4) is 0 Å². The van der Waals surface area contributed by atoms with Gasteiger partial charge in [-0.1, -0.05) is 30.2 Å². The van der Waals surface area contributed by atoms with Crippen molar-refractivity contribution in [3.05, 3.63) is 59.2 Å². The Morgan fingerprint density at radius 2 is 1.77 bits per heavy atom. The number of carbonyl (C=O) groups excluding carboxylic acids is 1. The zero-order valence-electron chi connectivity index (χ0n) is 17.9. The molecule has 0 radical (unpaired) electrons. The highest BCUT2D eigenvalue weighted by atomic mass is 32.2. The van der Waals surface area contributed by atoms with E-state index in [0.29, 0.717) is 24.4 Å². The first-order chi connectivity index (χ1) is 14.3. The highest BCUT2D eigenvalue weighted by Gasteiger charge is 2.33. The third-order valence-electron chi connectivity index (χ3n) is 5.73. The maximum atomic E-state index is 13.1. The second-order valence-electron chi connectivity index (χ2n) is 8.05. The molecule has 7 heteroatoms. The fourth-order valence-corrected chi connectivity index (χ4v) is 5.49. The van der Waals surface area contributed by atoms with Gasteiger partial charge in [-0.05, 0) is 75.4 Å². The molecule has 162 valence electrons. The Morgan fingerprint density at radius 3 is 2.47 bits per heavy atom. The van der Waals surface area contributed by atoms with E-state index in [2.05, 4.69) is 10.6 Å². The van der Waals surface area contributed by atoms with E-state index in [4.69, 9.17) is 0 Å². The molecule has 1 fully saturated rings. The molecule has 1 atom stereocenters. The first kappa shape index (κ1) is 22.3. The summed E-state index contributed by atoms with van der Waals surface area (Å²) < 4.78 is 27.9. The number of benzene rings is 2. The highest BCUT2D eigenvalue weighted by Crippen LogP contribution is 2.27. The number of nitrogens with one attached hydrogen (secondary N) is 2. The van der Waals surface area contributed by atoms with Gasteiger partial charge < -0.3 is 10.6 Å². The molecule has 1 aliphatic rings. The summed E-state index contributed by atoms with van der Waals surface area (Å²) in [5.41, 5.74) is 4.07. The lowest BCUT2D eigenvalue weighted by molar-refractivity contribution is 0.234. The van der Waals surface area contributed by atoms with Crippen molar-refractivity contribution in [1.29, 1.82) is 0 Å². The van der Waals surface area contributed by atoms with Crippen LogP contribution in [0, 0.1) is 20.8 Å². The van der Waals surface area contributed by atoms with Crippen LogP contribution < -0.4 is 10.6 Å². The minimum Gasteiger partial charge on any atom is -0.338 e. The van der Waals surface area contributed by atoms with E-state index in [-0.39, 0.29) is 12.1 Å². The fraction of sp³-hybridized carbons (Fsp3) is 0.435. The quantitative estimate of drug-likeness (QED) is 0.716. The molecule has 0 spiro atoms. The first-order valence-corrected chi connectivity index (χ1v) is 11.9. The second-order valence-corrected chi connectivity index (χ2v) is 9.94. The summed E-state index contributed by atoms with van der Waals surface area (Å²) in [4.78, 5) is 12.6. The number of urea groups is 1. The summed E-state index contributed by atoms with van der Waals surface area (Å²) in [6.45, 7) is 6.91. The number of anilines is 1. The lowest BCUT2D eigenvalue weighted by Gasteiger charge is -2.34. The molecule has 6 nitrogen and oxygen atoms in total. The lowest BCUT2D eigenvalue weighted by Crippen LogP contribution is -2.45. The number of sulfonamides is 1. The Labute approximate surface area is 179 Å². The van der Waals surface area contributed by atoms with Gasteiger partial charge in [-0.15, -0.1) is 0 Å². The number of hydrogen-bond acceptors (Lipinski definition) is 3. The summed E-state index contributed by atoms with van der Waals surface area (Å²) in [5, 5.41) is 5.70. The highest BCUT2D eigenvalue weighted by molar-refractivity contribution is 7.89. The number of aryl methyl sites for hydroxylation is 3. The monoisotopic (exact) mass is 429 g/mol. The summed E-state index contributed by atoms with van der Waals surface area (Å²) in [5.74, 6) is 0. The Hall–Kier alpha value is -2.38. The van der Waals surface area contributed by atoms with Crippen LogP contribution in [0.2, 0.25) is 0 Å². The third-order valence-corrected chi connectivity index (χ3v) is 7.69. The van der Waals surface area contributed by atoms with Crippen LogP contribution >= 0.6 is 0 Å². The van der Waals surface area contributed by atoms with Crippen LogP contribution in [0.25, 0.3) is 0 Å². The van der Waals surface area contributed by atoms with Gasteiger partial charge in [0.25, 0.3) is 0 Å². The molecule has 1 saturated heterocycles. The molecule has 0 aliphatic carbocycles.